The van der Waals surface area contributed by atoms with Crippen LogP contribution < -0.4 is 11.1 Å². The average Bonchev–Trinajstić information content (AvgIpc) is 3.22. The Labute approximate surface area is 127 Å². The van der Waals surface area contributed by atoms with Crippen molar-refractivity contribution in [3.05, 3.63) is 0 Å². The van der Waals surface area contributed by atoms with Gasteiger partial charge in [0.25, 0.3) is 0 Å². The summed E-state index contributed by atoms with van der Waals surface area (Å²) in [7, 11) is 0. The van der Waals surface area contributed by atoms with Crippen molar-refractivity contribution in [3.8, 4) is 0 Å². The van der Waals surface area contributed by atoms with Gasteiger partial charge < -0.3 is 16.0 Å². The predicted molar refractivity (Wildman–Crippen MR) is 82.5 cm³/mol. The monoisotopic (exact) mass is 295 g/mol. The van der Waals surface area contributed by atoms with Crippen molar-refractivity contribution >= 4 is 11.8 Å². The largest absolute Gasteiger partial charge is 0.349 e. The van der Waals surface area contributed by atoms with Gasteiger partial charge in [-0.25, -0.2) is 0 Å². The number of rotatable bonds is 7. The van der Waals surface area contributed by atoms with Gasteiger partial charge >= 0.3 is 0 Å². The molecule has 0 spiro atoms. The number of carbonyl (C=O) groups excluding carboxylic acids is 2. The van der Waals surface area contributed by atoms with E-state index in [0.29, 0.717) is 25.4 Å². The van der Waals surface area contributed by atoms with Gasteiger partial charge in [-0.2, -0.15) is 0 Å². The van der Waals surface area contributed by atoms with Crippen molar-refractivity contribution in [3.63, 3.8) is 0 Å². The molecule has 2 rings (SSSR count). The third kappa shape index (κ3) is 3.57. The van der Waals surface area contributed by atoms with E-state index in [0.717, 1.165) is 25.7 Å². The lowest BCUT2D eigenvalue weighted by molar-refractivity contribution is -0.130. The topological polar surface area (TPSA) is 75.4 Å². The molecular formula is C16H29N3O2. The number of hydrogen-bond donors (Lipinski definition) is 2. The normalized spacial score (nSPS) is 26.6. The lowest BCUT2D eigenvalue weighted by Gasteiger charge is -2.31. The van der Waals surface area contributed by atoms with Crippen molar-refractivity contribution in [2.24, 2.45) is 17.6 Å². The molecule has 3 unspecified atom stereocenters. The summed E-state index contributed by atoms with van der Waals surface area (Å²) in [6, 6.07) is 0.227. The molecule has 3 N–H and O–H groups in total. The highest BCUT2D eigenvalue weighted by atomic mass is 16.2. The number of amides is 2. The highest BCUT2D eigenvalue weighted by molar-refractivity contribution is 5.89. The van der Waals surface area contributed by atoms with Crippen LogP contribution in [-0.2, 0) is 9.59 Å². The Morgan fingerprint density at radius 1 is 1.52 bits per heavy atom. The van der Waals surface area contributed by atoms with E-state index in [1.54, 1.807) is 0 Å². The van der Waals surface area contributed by atoms with Crippen LogP contribution in [-0.4, -0.2) is 41.4 Å². The average molecular weight is 295 g/mol. The third-order valence-electron chi connectivity index (χ3n) is 5.08. The highest BCUT2D eigenvalue weighted by Gasteiger charge is 2.44. The van der Waals surface area contributed by atoms with Crippen LogP contribution >= 0.6 is 0 Å². The molecule has 0 radical (unpaired) electrons. The molecule has 1 saturated carbocycles. The summed E-state index contributed by atoms with van der Waals surface area (Å²) in [6.45, 7) is 7.22. The maximum absolute atomic E-state index is 12.5. The van der Waals surface area contributed by atoms with Gasteiger partial charge in [0.05, 0.1) is 11.5 Å². The maximum Gasteiger partial charge on any atom is 0.225 e. The summed E-state index contributed by atoms with van der Waals surface area (Å²) in [4.78, 5) is 26.5. The standard InChI is InChI=1S/C16H29N3O2/c1-4-5-11(2)19-9-12(8-14(19)20)15(21)18-16(3,10-17)13-6-7-13/h11-13H,4-10,17H2,1-3H3,(H,18,21). The number of nitrogens with one attached hydrogen (secondary N) is 1. The summed E-state index contributed by atoms with van der Waals surface area (Å²) >= 11 is 0. The molecule has 1 aliphatic carbocycles. The van der Waals surface area contributed by atoms with E-state index >= 15 is 0 Å². The zero-order chi connectivity index (χ0) is 15.6. The Morgan fingerprint density at radius 2 is 2.19 bits per heavy atom. The first-order valence-electron chi connectivity index (χ1n) is 8.22. The van der Waals surface area contributed by atoms with Crippen molar-refractivity contribution in [2.45, 2.75) is 64.5 Å². The van der Waals surface area contributed by atoms with E-state index in [-0.39, 0.29) is 29.3 Å². The maximum atomic E-state index is 12.5. The highest BCUT2D eigenvalue weighted by Crippen LogP contribution is 2.39. The minimum atomic E-state index is -0.303. The molecule has 0 bridgehead atoms. The number of likely N-dealkylation sites (tertiary alicyclic amines) is 1. The fourth-order valence-corrected chi connectivity index (χ4v) is 3.33. The number of hydrogen-bond acceptors (Lipinski definition) is 3. The van der Waals surface area contributed by atoms with Crippen LogP contribution in [0.3, 0.4) is 0 Å². The lowest BCUT2D eigenvalue weighted by atomic mass is 9.94. The van der Waals surface area contributed by atoms with Crippen LogP contribution in [0.15, 0.2) is 0 Å². The van der Waals surface area contributed by atoms with Gasteiger partial charge in [0, 0.05) is 25.6 Å². The second-order valence-electron chi connectivity index (χ2n) is 6.97. The second kappa shape index (κ2) is 6.34. The van der Waals surface area contributed by atoms with E-state index in [1.807, 2.05) is 11.8 Å². The number of carbonyl (C=O) groups is 2. The molecule has 2 aliphatic rings. The van der Waals surface area contributed by atoms with E-state index in [2.05, 4.69) is 19.2 Å². The Kier molecular flexibility index (Phi) is 4.91. The first-order chi connectivity index (χ1) is 9.91. The quantitative estimate of drug-likeness (QED) is 0.742. The minimum Gasteiger partial charge on any atom is -0.349 e. The van der Waals surface area contributed by atoms with Crippen LogP contribution in [0.1, 0.15) is 52.9 Å². The third-order valence-corrected chi connectivity index (χ3v) is 5.08. The van der Waals surface area contributed by atoms with Gasteiger partial charge in [0.2, 0.25) is 11.8 Å². The predicted octanol–water partition coefficient (Wildman–Crippen LogP) is 1.27. The molecule has 1 aliphatic heterocycles. The molecule has 0 aromatic heterocycles. The van der Waals surface area contributed by atoms with Gasteiger partial charge in [-0.1, -0.05) is 13.3 Å². The molecule has 2 fully saturated rings. The minimum absolute atomic E-state index is 0.00519. The van der Waals surface area contributed by atoms with Crippen LogP contribution in [0.2, 0.25) is 0 Å². The Hall–Kier alpha value is -1.10. The molecule has 3 atom stereocenters. The van der Waals surface area contributed by atoms with Crippen molar-refractivity contribution in [1.29, 1.82) is 0 Å². The van der Waals surface area contributed by atoms with Crippen molar-refractivity contribution in [2.75, 3.05) is 13.1 Å². The van der Waals surface area contributed by atoms with Crippen LogP contribution in [0.4, 0.5) is 0 Å². The van der Waals surface area contributed by atoms with Gasteiger partial charge in [-0.15, -0.1) is 0 Å². The number of nitrogens with zero attached hydrogens (tertiary/aromatic N) is 1. The van der Waals surface area contributed by atoms with E-state index in [1.165, 1.54) is 0 Å². The Morgan fingerprint density at radius 3 is 2.71 bits per heavy atom. The molecule has 1 heterocycles. The first-order valence-corrected chi connectivity index (χ1v) is 8.22. The van der Waals surface area contributed by atoms with Crippen LogP contribution in [0.5, 0.6) is 0 Å². The van der Waals surface area contributed by atoms with Crippen molar-refractivity contribution in [1.82, 2.24) is 10.2 Å². The summed E-state index contributed by atoms with van der Waals surface area (Å²) in [5, 5.41) is 3.12. The fraction of sp³-hybridized carbons (Fsp3) is 0.875. The van der Waals surface area contributed by atoms with E-state index in [9.17, 15) is 9.59 Å². The molecule has 120 valence electrons. The van der Waals surface area contributed by atoms with E-state index < -0.39 is 0 Å². The summed E-state index contributed by atoms with van der Waals surface area (Å²) in [5.74, 6) is 0.381. The summed E-state index contributed by atoms with van der Waals surface area (Å²) in [6.07, 6.45) is 4.65. The smallest absolute Gasteiger partial charge is 0.225 e. The Bertz CT molecular complexity index is 408. The number of nitrogens with two attached hydrogens (primary N) is 1. The molecule has 1 saturated heterocycles. The van der Waals surface area contributed by atoms with E-state index in [4.69, 9.17) is 5.73 Å². The fourth-order valence-electron chi connectivity index (χ4n) is 3.33. The Balaban J connectivity index is 1.93. The molecular weight excluding hydrogens is 266 g/mol. The van der Waals surface area contributed by atoms with Crippen LogP contribution in [0, 0.1) is 11.8 Å². The van der Waals surface area contributed by atoms with Crippen molar-refractivity contribution < 1.29 is 9.59 Å². The molecule has 21 heavy (non-hydrogen) atoms. The van der Waals surface area contributed by atoms with Gasteiger partial charge in [-0.3, -0.25) is 9.59 Å². The zero-order valence-electron chi connectivity index (χ0n) is 13.5. The van der Waals surface area contributed by atoms with Gasteiger partial charge in [-0.05, 0) is 39.0 Å². The molecule has 0 aromatic carbocycles. The second-order valence-corrected chi connectivity index (χ2v) is 6.97. The molecule has 2 amide bonds. The van der Waals surface area contributed by atoms with Gasteiger partial charge in [0.1, 0.15) is 0 Å². The summed E-state index contributed by atoms with van der Waals surface area (Å²) in [5.41, 5.74) is 5.54. The van der Waals surface area contributed by atoms with Crippen LogP contribution in [0.25, 0.3) is 0 Å². The molecule has 0 aromatic rings. The lowest BCUT2D eigenvalue weighted by Crippen LogP contribution is -2.55. The zero-order valence-corrected chi connectivity index (χ0v) is 13.5. The SMILES string of the molecule is CCCC(C)N1CC(C(=O)NC(C)(CN)C2CC2)CC1=O. The first kappa shape index (κ1) is 16.3. The molecule has 5 nitrogen and oxygen atoms in total. The summed E-state index contributed by atoms with van der Waals surface area (Å²) < 4.78 is 0. The van der Waals surface area contributed by atoms with Gasteiger partial charge in [0.15, 0.2) is 0 Å². The molecule has 5 heteroatoms.